The molecule has 0 saturated carbocycles. The van der Waals surface area contributed by atoms with E-state index < -0.39 is 0 Å². The molecule has 5 nitrogen and oxygen atoms in total. The number of hydrogen-bond donors (Lipinski definition) is 2. The molecule has 0 bridgehead atoms. The number of hydrogen-bond acceptors (Lipinski definition) is 5. The van der Waals surface area contributed by atoms with Crippen LogP contribution in [0.4, 0.5) is 0 Å². The van der Waals surface area contributed by atoms with E-state index in [4.69, 9.17) is 9.63 Å². The Labute approximate surface area is 83.5 Å². The highest BCUT2D eigenvalue weighted by molar-refractivity contribution is 4.87. The van der Waals surface area contributed by atoms with Crippen LogP contribution >= 0.6 is 0 Å². The molecule has 0 unspecified atom stereocenters. The van der Waals surface area contributed by atoms with Gasteiger partial charge in [0, 0.05) is 12.0 Å². The average molecular weight is 199 g/mol. The summed E-state index contributed by atoms with van der Waals surface area (Å²) < 4.78 is 4.98. The second-order valence-electron chi connectivity index (χ2n) is 4.18. The molecule has 0 atom stereocenters. The summed E-state index contributed by atoms with van der Waals surface area (Å²) in [5.41, 5.74) is 0.0333. The number of aromatic nitrogens is 2. The first-order valence-corrected chi connectivity index (χ1v) is 4.68. The number of aliphatic hydroxyl groups excluding tert-OH is 1. The zero-order valence-electron chi connectivity index (χ0n) is 8.87. The molecule has 5 heteroatoms. The van der Waals surface area contributed by atoms with Crippen molar-refractivity contribution in [3.63, 3.8) is 0 Å². The summed E-state index contributed by atoms with van der Waals surface area (Å²) >= 11 is 0. The fraction of sp³-hybridized carbons (Fsp3) is 0.778. The molecular weight excluding hydrogens is 182 g/mol. The van der Waals surface area contributed by atoms with Crippen LogP contribution in [0, 0.1) is 0 Å². The fourth-order valence-corrected chi connectivity index (χ4v) is 0.904. The summed E-state index contributed by atoms with van der Waals surface area (Å²) in [6, 6.07) is 0. The van der Waals surface area contributed by atoms with Gasteiger partial charge in [-0.05, 0) is 20.8 Å². The first-order valence-electron chi connectivity index (χ1n) is 4.68. The number of nitrogens with one attached hydrogen (secondary N) is 1. The Morgan fingerprint density at radius 1 is 1.43 bits per heavy atom. The van der Waals surface area contributed by atoms with E-state index in [0.717, 1.165) is 0 Å². The van der Waals surface area contributed by atoms with Crippen molar-refractivity contribution in [3.05, 3.63) is 11.7 Å². The molecule has 0 spiro atoms. The average Bonchev–Trinajstić information content (AvgIpc) is 2.49. The smallest absolute Gasteiger partial charge is 0.240 e. The van der Waals surface area contributed by atoms with Gasteiger partial charge in [-0.2, -0.15) is 4.98 Å². The van der Waals surface area contributed by atoms with E-state index in [2.05, 4.69) is 36.2 Å². The van der Waals surface area contributed by atoms with Gasteiger partial charge in [0.15, 0.2) is 5.82 Å². The van der Waals surface area contributed by atoms with E-state index in [9.17, 15) is 0 Å². The normalized spacial score (nSPS) is 12.0. The topological polar surface area (TPSA) is 71.2 Å². The number of nitrogens with zero attached hydrogens (tertiary/aromatic N) is 2. The van der Waals surface area contributed by atoms with Crippen LogP contribution in [-0.2, 0) is 13.0 Å². The van der Waals surface area contributed by atoms with Crippen LogP contribution in [-0.4, -0.2) is 27.4 Å². The predicted molar refractivity (Wildman–Crippen MR) is 51.7 cm³/mol. The Kier molecular flexibility index (Phi) is 3.60. The third kappa shape index (κ3) is 3.85. The van der Waals surface area contributed by atoms with Crippen molar-refractivity contribution >= 4 is 0 Å². The molecule has 1 heterocycles. The maximum atomic E-state index is 8.65. The van der Waals surface area contributed by atoms with E-state index in [1.54, 1.807) is 0 Å². The van der Waals surface area contributed by atoms with Crippen molar-refractivity contribution in [1.29, 1.82) is 0 Å². The summed E-state index contributed by atoms with van der Waals surface area (Å²) in [7, 11) is 0. The third-order valence-corrected chi connectivity index (χ3v) is 1.62. The van der Waals surface area contributed by atoms with Gasteiger partial charge < -0.3 is 14.9 Å². The van der Waals surface area contributed by atoms with Crippen molar-refractivity contribution < 1.29 is 9.63 Å². The lowest BCUT2D eigenvalue weighted by Crippen LogP contribution is -2.35. The van der Waals surface area contributed by atoms with Gasteiger partial charge in [0.05, 0.1) is 13.2 Å². The summed E-state index contributed by atoms with van der Waals surface area (Å²) in [4.78, 5) is 4.10. The Morgan fingerprint density at radius 2 is 2.14 bits per heavy atom. The lowest BCUT2D eigenvalue weighted by Gasteiger charge is -2.18. The van der Waals surface area contributed by atoms with E-state index in [1.807, 2.05) is 0 Å². The van der Waals surface area contributed by atoms with E-state index in [1.165, 1.54) is 0 Å². The Balaban J connectivity index is 2.44. The summed E-state index contributed by atoms with van der Waals surface area (Å²) in [5, 5.41) is 15.6. The molecule has 0 aliphatic rings. The quantitative estimate of drug-likeness (QED) is 0.738. The monoisotopic (exact) mass is 199 g/mol. The maximum absolute atomic E-state index is 8.65. The summed E-state index contributed by atoms with van der Waals surface area (Å²) in [6.45, 7) is 6.81. The number of aliphatic hydroxyl groups is 1. The van der Waals surface area contributed by atoms with Crippen molar-refractivity contribution in [3.8, 4) is 0 Å². The van der Waals surface area contributed by atoms with Crippen LogP contribution in [0.5, 0.6) is 0 Å². The molecule has 0 aliphatic carbocycles. The third-order valence-electron chi connectivity index (χ3n) is 1.62. The van der Waals surface area contributed by atoms with Gasteiger partial charge in [0.2, 0.25) is 5.89 Å². The highest BCUT2D eigenvalue weighted by atomic mass is 16.5. The first kappa shape index (κ1) is 11.1. The highest BCUT2D eigenvalue weighted by Crippen LogP contribution is 2.02. The Bertz CT molecular complexity index is 278. The van der Waals surface area contributed by atoms with E-state index >= 15 is 0 Å². The van der Waals surface area contributed by atoms with E-state index in [-0.39, 0.29) is 12.1 Å². The second kappa shape index (κ2) is 4.52. The van der Waals surface area contributed by atoms with Crippen molar-refractivity contribution in [2.75, 3.05) is 6.61 Å². The molecule has 0 aliphatic heterocycles. The van der Waals surface area contributed by atoms with Gasteiger partial charge in [-0.15, -0.1) is 0 Å². The van der Waals surface area contributed by atoms with Crippen molar-refractivity contribution in [1.82, 2.24) is 15.5 Å². The summed E-state index contributed by atoms with van der Waals surface area (Å²) in [6.07, 6.45) is 0.443. The van der Waals surface area contributed by atoms with Crippen LogP contribution in [0.15, 0.2) is 4.52 Å². The lowest BCUT2D eigenvalue weighted by molar-refractivity contribution is 0.292. The van der Waals surface area contributed by atoms with Crippen LogP contribution in [0.3, 0.4) is 0 Å². The minimum Gasteiger partial charge on any atom is -0.396 e. The summed E-state index contributed by atoms with van der Waals surface area (Å²) in [5.74, 6) is 1.11. The standard InChI is InChI=1S/C9H17N3O2/c1-9(2,3)10-6-8-11-7(4-5-13)12-14-8/h10,13H,4-6H2,1-3H3. The van der Waals surface area contributed by atoms with Gasteiger partial charge in [0.1, 0.15) is 0 Å². The van der Waals surface area contributed by atoms with Gasteiger partial charge >= 0.3 is 0 Å². The molecule has 2 N–H and O–H groups in total. The highest BCUT2D eigenvalue weighted by Gasteiger charge is 2.11. The van der Waals surface area contributed by atoms with Crippen LogP contribution in [0.2, 0.25) is 0 Å². The largest absolute Gasteiger partial charge is 0.396 e. The number of rotatable bonds is 4. The molecule has 0 aromatic carbocycles. The maximum Gasteiger partial charge on any atom is 0.240 e. The molecule has 80 valence electrons. The van der Waals surface area contributed by atoms with Gasteiger partial charge in [-0.1, -0.05) is 5.16 Å². The predicted octanol–water partition coefficient (Wildman–Crippen LogP) is 0.492. The van der Waals surface area contributed by atoms with Crippen molar-refractivity contribution in [2.45, 2.75) is 39.3 Å². The Morgan fingerprint density at radius 3 is 2.71 bits per heavy atom. The molecule has 0 amide bonds. The Hall–Kier alpha value is -0.940. The molecule has 1 rings (SSSR count). The zero-order valence-corrected chi connectivity index (χ0v) is 8.87. The SMILES string of the molecule is CC(C)(C)NCc1nc(CCO)no1. The molecule has 0 radical (unpaired) electrons. The molecule has 1 aromatic heterocycles. The van der Waals surface area contributed by atoms with Gasteiger partial charge in [-0.3, -0.25) is 0 Å². The van der Waals surface area contributed by atoms with Crippen molar-refractivity contribution in [2.24, 2.45) is 0 Å². The molecule has 0 saturated heterocycles. The van der Waals surface area contributed by atoms with Gasteiger partial charge in [-0.25, -0.2) is 0 Å². The molecular formula is C9H17N3O2. The molecule has 14 heavy (non-hydrogen) atoms. The zero-order chi connectivity index (χ0) is 10.6. The molecule has 0 fully saturated rings. The van der Waals surface area contributed by atoms with E-state index in [0.29, 0.717) is 24.7 Å². The van der Waals surface area contributed by atoms with Gasteiger partial charge in [0.25, 0.3) is 0 Å². The lowest BCUT2D eigenvalue weighted by atomic mass is 10.1. The minimum atomic E-state index is 0.0333. The minimum absolute atomic E-state index is 0.0333. The van der Waals surface area contributed by atoms with Crippen LogP contribution in [0.25, 0.3) is 0 Å². The van der Waals surface area contributed by atoms with Crippen LogP contribution < -0.4 is 5.32 Å². The van der Waals surface area contributed by atoms with Crippen LogP contribution in [0.1, 0.15) is 32.5 Å². The second-order valence-corrected chi connectivity index (χ2v) is 4.18. The molecule has 1 aromatic rings. The fourth-order valence-electron chi connectivity index (χ4n) is 0.904. The first-order chi connectivity index (χ1) is 6.51.